The summed E-state index contributed by atoms with van der Waals surface area (Å²) in [6.07, 6.45) is 0. The van der Waals surface area contributed by atoms with Gasteiger partial charge < -0.3 is 4.74 Å². The van der Waals surface area contributed by atoms with Crippen molar-refractivity contribution in [3.8, 4) is 17.8 Å². The molecule has 1 aromatic heterocycles. The molecule has 1 atom stereocenters. The smallest absolute Gasteiger partial charge is 0.322 e. The van der Waals surface area contributed by atoms with E-state index in [0.29, 0.717) is 18.1 Å². The van der Waals surface area contributed by atoms with E-state index in [9.17, 15) is 12.8 Å². The Kier molecular flexibility index (Phi) is 6.36. The summed E-state index contributed by atoms with van der Waals surface area (Å²) < 4.78 is 48.3. The molecule has 0 bridgehead atoms. The fourth-order valence-corrected chi connectivity index (χ4v) is 4.48. The maximum absolute atomic E-state index is 13.1. The van der Waals surface area contributed by atoms with Crippen LogP contribution in [0, 0.1) is 17.1 Å². The van der Waals surface area contributed by atoms with Crippen molar-refractivity contribution in [2.45, 2.75) is 31.3 Å². The third-order valence-corrected chi connectivity index (χ3v) is 6.18. The number of nitriles is 1. The highest BCUT2D eigenvalue weighted by Gasteiger charge is 2.25. The number of aromatic nitrogens is 3. The monoisotopic (exact) mass is 449 g/mol. The van der Waals surface area contributed by atoms with Gasteiger partial charge in [0.1, 0.15) is 16.5 Å². The second-order valence-corrected chi connectivity index (χ2v) is 8.33. The number of sulfonamides is 1. The van der Waals surface area contributed by atoms with Crippen LogP contribution in [0.1, 0.15) is 31.3 Å². The van der Waals surface area contributed by atoms with Gasteiger partial charge in [-0.15, -0.1) is 5.10 Å². The molecule has 0 aliphatic heterocycles. The highest BCUT2D eigenvalue weighted by Crippen LogP contribution is 2.26. The van der Waals surface area contributed by atoms with Gasteiger partial charge in [-0.1, -0.05) is 16.7 Å². The number of rotatable bonds is 7. The second-order valence-electron chi connectivity index (χ2n) is 6.24. The molecule has 0 aliphatic rings. The number of nitrogens with zero attached hydrogens (tertiary/aromatic N) is 4. The van der Waals surface area contributed by atoms with Gasteiger partial charge in [-0.05, 0) is 56.3 Å². The second kappa shape index (κ2) is 8.79. The summed E-state index contributed by atoms with van der Waals surface area (Å²) in [5.74, 6) is 0.287. The van der Waals surface area contributed by atoms with E-state index in [4.69, 9.17) is 21.6 Å². The molecule has 8 nitrogen and oxygen atoms in total. The van der Waals surface area contributed by atoms with E-state index in [2.05, 4.69) is 14.9 Å². The first-order valence-corrected chi connectivity index (χ1v) is 10.7. The normalized spacial score (nSPS) is 12.4. The lowest BCUT2D eigenvalue weighted by molar-refractivity contribution is 0.407. The zero-order valence-electron chi connectivity index (χ0n) is 16.0. The summed E-state index contributed by atoms with van der Waals surface area (Å²) in [5.41, 5.74) is 0.250. The molecule has 1 N–H and O–H groups in total. The fourth-order valence-electron chi connectivity index (χ4n) is 2.74. The Hall–Kier alpha value is -3.00. The number of hydrogen-bond acceptors (Lipinski definition) is 6. The Morgan fingerprint density at radius 2 is 1.97 bits per heavy atom. The average molecular weight is 450 g/mol. The van der Waals surface area contributed by atoms with Gasteiger partial charge in [0, 0.05) is 6.54 Å². The Bertz CT molecular complexity index is 1210. The molecule has 3 rings (SSSR count). The van der Waals surface area contributed by atoms with Crippen molar-refractivity contribution in [1.82, 2.24) is 19.5 Å². The molecule has 11 heteroatoms. The molecule has 0 unspecified atom stereocenters. The zero-order chi connectivity index (χ0) is 21.9. The quantitative estimate of drug-likeness (QED) is 0.587. The minimum Gasteiger partial charge on any atom is -0.424 e. The van der Waals surface area contributed by atoms with E-state index in [-0.39, 0.29) is 21.5 Å². The predicted molar refractivity (Wildman–Crippen MR) is 107 cm³/mol. The van der Waals surface area contributed by atoms with Crippen LogP contribution in [-0.2, 0) is 16.6 Å². The maximum atomic E-state index is 13.1. The number of benzene rings is 2. The summed E-state index contributed by atoms with van der Waals surface area (Å²) in [7, 11) is -4.00. The van der Waals surface area contributed by atoms with Crippen LogP contribution in [0.5, 0.6) is 11.8 Å². The Labute approximate surface area is 177 Å². The molecular weight excluding hydrogens is 433 g/mol. The highest BCUT2D eigenvalue weighted by molar-refractivity contribution is 7.89. The summed E-state index contributed by atoms with van der Waals surface area (Å²) in [5, 5.41) is 16.9. The van der Waals surface area contributed by atoms with Crippen molar-refractivity contribution in [2.24, 2.45) is 0 Å². The summed E-state index contributed by atoms with van der Waals surface area (Å²) in [4.78, 5) is -0.152. The van der Waals surface area contributed by atoms with Gasteiger partial charge >= 0.3 is 6.01 Å². The van der Waals surface area contributed by atoms with Crippen molar-refractivity contribution in [2.75, 3.05) is 0 Å². The standard InChI is InChI=1S/C19H17ClFN5O3S/c1-3-26-18(23-24-19(26)29-15-7-5-14(21)6-8-15)12(2)25-30(27,28)17-9-4-13(11-22)10-16(17)20/h4-10,12,25H,3H2,1-2H3/t12-/m1/s1. The first-order chi connectivity index (χ1) is 14.2. The van der Waals surface area contributed by atoms with Crippen molar-refractivity contribution < 1.29 is 17.5 Å². The van der Waals surface area contributed by atoms with Crippen LogP contribution in [0.15, 0.2) is 47.4 Å². The SMILES string of the molecule is CCn1c(Oc2ccc(F)cc2)nnc1[C@@H](C)NS(=O)(=O)c1ccc(C#N)cc1Cl. The molecule has 30 heavy (non-hydrogen) atoms. The summed E-state index contributed by atoms with van der Waals surface area (Å²) >= 11 is 6.04. The zero-order valence-corrected chi connectivity index (χ0v) is 17.6. The highest BCUT2D eigenvalue weighted by atomic mass is 35.5. The van der Waals surface area contributed by atoms with Crippen molar-refractivity contribution >= 4 is 21.6 Å². The van der Waals surface area contributed by atoms with E-state index in [1.54, 1.807) is 11.5 Å². The van der Waals surface area contributed by atoms with E-state index in [1.165, 1.54) is 42.5 Å². The molecule has 0 radical (unpaired) electrons. The van der Waals surface area contributed by atoms with Crippen LogP contribution >= 0.6 is 11.6 Å². The molecular formula is C19H17ClFN5O3S. The fraction of sp³-hybridized carbons (Fsp3) is 0.211. The Morgan fingerprint density at radius 1 is 1.27 bits per heavy atom. The molecule has 156 valence electrons. The minimum atomic E-state index is -4.00. The van der Waals surface area contributed by atoms with Gasteiger partial charge in [0.05, 0.1) is 22.7 Å². The van der Waals surface area contributed by atoms with Gasteiger partial charge in [0.2, 0.25) is 10.0 Å². The van der Waals surface area contributed by atoms with Crippen molar-refractivity contribution in [3.05, 3.63) is 64.7 Å². The minimum absolute atomic E-state index is 0.0639. The molecule has 2 aromatic carbocycles. The summed E-state index contributed by atoms with van der Waals surface area (Å²) in [6.45, 7) is 3.83. The Morgan fingerprint density at radius 3 is 2.57 bits per heavy atom. The van der Waals surface area contributed by atoms with Crippen LogP contribution in [0.2, 0.25) is 5.02 Å². The molecule has 0 fully saturated rings. The molecule has 1 heterocycles. The molecule has 0 aliphatic carbocycles. The van der Waals surface area contributed by atoms with Crippen LogP contribution in [-0.4, -0.2) is 23.2 Å². The van der Waals surface area contributed by atoms with E-state index in [0.717, 1.165) is 0 Å². The van der Waals surface area contributed by atoms with Crippen molar-refractivity contribution in [1.29, 1.82) is 5.26 Å². The molecule has 0 amide bonds. The lowest BCUT2D eigenvalue weighted by Gasteiger charge is -2.16. The van der Waals surface area contributed by atoms with Gasteiger partial charge in [-0.25, -0.2) is 17.5 Å². The topological polar surface area (TPSA) is 110 Å². The molecule has 0 saturated heterocycles. The molecule has 0 saturated carbocycles. The van der Waals surface area contributed by atoms with Gasteiger partial charge in [-0.2, -0.15) is 5.26 Å². The Balaban J connectivity index is 1.84. The first kappa shape index (κ1) is 21.7. The number of nitrogens with one attached hydrogen (secondary N) is 1. The molecule has 0 spiro atoms. The van der Waals surface area contributed by atoms with Gasteiger partial charge in [0.15, 0.2) is 5.82 Å². The lowest BCUT2D eigenvalue weighted by atomic mass is 10.2. The van der Waals surface area contributed by atoms with E-state index >= 15 is 0 Å². The third kappa shape index (κ3) is 4.59. The van der Waals surface area contributed by atoms with Gasteiger partial charge in [0.25, 0.3) is 0 Å². The van der Waals surface area contributed by atoms with Crippen LogP contribution in [0.4, 0.5) is 4.39 Å². The number of ether oxygens (including phenoxy) is 1. The summed E-state index contributed by atoms with van der Waals surface area (Å²) in [6, 6.07) is 10.6. The average Bonchev–Trinajstić information content (AvgIpc) is 3.11. The first-order valence-electron chi connectivity index (χ1n) is 8.83. The number of hydrogen-bond donors (Lipinski definition) is 1. The van der Waals surface area contributed by atoms with E-state index < -0.39 is 21.9 Å². The maximum Gasteiger partial charge on any atom is 0.322 e. The van der Waals surface area contributed by atoms with Crippen molar-refractivity contribution in [3.63, 3.8) is 0 Å². The lowest BCUT2D eigenvalue weighted by Crippen LogP contribution is -2.29. The van der Waals surface area contributed by atoms with E-state index in [1.807, 2.05) is 13.0 Å². The van der Waals surface area contributed by atoms with Crippen LogP contribution in [0.3, 0.4) is 0 Å². The largest absolute Gasteiger partial charge is 0.424 e. The van der Waals surface area contributed by atoms with Crippen LogP contribution < -0.4 is 9.46 Å². The molecule has 3 aromatic rings. The predicted octanol–water partition coefficient (Wildman–Crippen LogP) is 3.79. The van der Waals surface area contributed by atoms with Gasteiger partial charge in [-0.3, -0.25) is 4.57 Å². The van der Waals surface area contributed by atoms with Crippen LogP contribution in [0.25, 0.3) is 0 Å². The third-order valence-electron chi connectivity index (χ3n) is 4.15. The number of halogens is 2.